The second kappa shape index (κ2) is 6.95. The van der Waals surface area contributed by atoms with Crippen molar-refractivity contribution in [3.8, 4) is 0 Å². The first-order chi connectivity index (χ1) is 11.5. The van der Waals surface area contributed by atoms with Gasteiger partial charge in [-0.05, 0) is 38.2 Å². The Hall–Kier alpha value is -1.85. The van der Waals surface area contributed by atoms with Crippen LogP contribution in [-0.2, 0) is 6.54 Å². The summed E-state index contributed by atoms with van der Waals surface area (Å²) in [6, 6.07) is 8.11. The summed E-state index contributed by atoms with van der Waals surface area (Å²) in [4.78, 5) is 12.4. The number of aliphatic hydroxyl groups excluding tert-OH is 1. The van der Waals surface area contributed by atoms with E-state index in [2.05, 4.69) is 10.4 Å². The average molecular weight is 348 g/mol. The zero-order valence-electron chi connectivity index (χ0n) is 13.9. The minimum Gasteiger partial charge on any atom is -0.391 e. The molecule has 0 aliphatic heterocycles. The van der Waals surface area contributed by atoms with Crippen molar-refractivity contribution < 1.29 is 9.90 Å². The van der Waals surface area contributed by atoms with E-state index in [0.717, 1.165) is 18.4 Å². The van der Waals surface area contributed by atoms with E-state index in [0.29, 0.717) is 28.9 Å². The molecule has 1 fully saturated rings. The molecule has 1 aromatic heterocycles. The Labute approximate surface area is 146 Å². The molecule has 2 aromatic rings. The summed E-state index contributed by atoms with van der Waals surface area (Å²) in [5, 5.41) is 17.3. The van der Waals surface area contributed by atoms with Gasteiger partial charge in [0.25, 0.3) is 5.91 Å². The van der Waals surface area contributed by atoms with Crippen molar-refractivity contribution in [1.82, 2.24) is 15.1 Å². The molecular formula is C18H22ClN3O2. The predicted octanol–water partition coefficient (Wildman–Crippen LogP) is 2.70. The Bertz CT molecular complexity index is 735. The van der Waals surface area contributed by atoms with Gasteiger partial charge in [-0.1, -0.05) is 41.4 Å². The highest BCUT2D eigenvalue weighted by Crippen LogP contribution is 2.32. The zero-order valence-corrected chi connectivity index (χ0v) is 14.7. The van der Waals surface area contributed by atoms with Gasteiger partial charge in [0.05, 0.1) is 23.9 Å². The van der Waals surface area contributed by atoms with Crippen LogP contribution in [0.1, 0.15) is 40.0 Å². The molecule has 1 aromatic carbocycles. The fourth-order valence-electron chi connectivity index (χ4n) is 2.72. The third-order valence-electron chi connectivity index (χ3n) is 4.38. The number of hydrogen-bond acceptors (Lipinski definition) is 3. The van der Waals surface area contributed by atoms with Crippen LogP contribution in [0.3, 0.4) is 0 Å². The smallest absolute Gasteiger partial charge is 0.256 e. The van der Waals surface area contributed by atoms with Gasteiger partial charge in [0.1, 0.15) is 5.15 Å². The molecule has 0 saturated heterocycles. The van der Waals surface area contributed by atoms with Crippen LogP contribution < -0.4 is 5.32 Å². The van der Waals surface area contributed by atoms with Gasteiger partial charge in [-0.2, -0.15) is 5.10 Å². The lowest BCUT2D eigenvalue weighted by atomic mass is 10.1. The molecule has 1 atom stereocenters. The molecule has 1 heterocycles. The fraction of sp³-hybridized carbons (Fsp3) is 0.444. The summed E-state index contributed by atoms with van der Waals surface area (Å²) in [5.74, 6) is 0.0403. The van der Waals surface area contributed by atoms with Crippen LogP contribution in [0.25, 0.3) is 0 Å². The first-order valence-electron chi connectivity index (χ1n) is 8.20. The van der Waals surface area contributed by atoms with Gasteiger partial charge in [-0.15, -0.1) is 0 Å². The summed E-state index contributed by atoms with van der Waals surface area (Å²) >= 11 is 6.37. The Morgan fingerprint density at radius 2 is 2.04 bits per heavy atom. The molecule has 1 aliphatic rings. The number of nitrogens with zero attached hydrogens (tertiary/aromatic N) is 2. The van der Waals surface area contributed by atoms with Crippen LogP contribution >= 0.6 is 11.6 Å². The van der Waals surface area contributed by atoms with Crippen LogP contribution in [0.15, 0.2) is 24.3 Å². The summed E-state index contributed by atoms with van der Waals surface area (Å²) in [6.45, 7) is 4.57. The van der Waals surface area contributed by atoms with Crippen molar-refractivity contribution in [1.29, 1.82) is 0 Å². The number of hydrogen-bond donors (Lipinski definition) is 2. The molecule has 3 rings (SSSR count). The van der Waals surface area contributed by atoms with Gasteiger partial charge >= 0.3 is 0 Å². The van der Waals surface area contributed by atoms with Crippen molar-refractivity contribution in [3.63, 3.8) is 0 Å². The van der Waals surface area contributed by atoms with Crippen molar-refractivity contribution in [2.45, 2.75) is 39.3 Å². The molecule has 2 N–H and O–H groups in total. The third-order valence-corrected chi connectivity index (χ3v) is 4.77. The lowest BCUT2D eigenvalue weighted by Crippen LogP contribution is -2.33. The maximum Gasteiger partial charge on any atom is 0.256 e. The number of rotatable bonds is 6. The number of aromatic nitrogens is 2. The SMILES string of the molecule is Cc1ccc(Cn2nc(C)c(C(=O)NCC(O)C3CC3)c2Cl)cc1. The van der Waals surface area contributed by atoms with Gasteiger partial charge in [0.15, 0.2) is 0 Å². The monoisotopic (exact) mass is 347 g/mol. The van der Waals surface area contributed by atoms with E-state index in [1.54, 1.807) is 11.6 Å². The van der Waals surface area contributed by atoms with Crippen molar-refractivity contribution in [2.75, 3.05) is 6.54 Å². The number of benzene rings is 1. The predicted molar refractivity (Wildman–Crippen MR) is 93.3 cm³/mol. The highest BCUT2D eigenvalue weighted by atomic mass is 35.5. The van der Waals surface area contributed by atoms with Gasteiger partial charge in [-0.3, -0.25) is 4.79 Å². The number of carbonyl (C=O) groups excluding carboxylic acids is 1. The van der Waals surface area contributed by atoms with Crippen molar-refractivity contribution in [2.24, 2.45) is 5.92 Å². The number of carbonyl (C=O) groups is 1. The van der Waals surface area contributed by atoms with E-state index < -0.39 is 6.10 Å². The summed E-state index contributed by atoms with van der Waals surface area (Å²) in [6.07, 6.45) is 1.59. The van der Waals surface area contributed by atoms with Gasteiger partial charge < -0.3 is 10.4 Å². The standard InChI is InChI=1S/C18H22ClN3O2/c1-11-3-5-13(6-4-11)10-22-17(19)16(12(2)21-22)18(24)20-9-15(23)14-7-8-14/h3-6,14-15,23H,7-10H2,1-2H3,(H,20,24). The first-order valence-corrected chi connectivity index (χ1v) is 8.58. The molecule has 1 amide bonds. The number of aryl methyl sites for hydroxylation is 2. The summed E-state index contributed by atoms with van der Waals surface area (Å²) in [7, 11) is 0. The number of nitrogens with one attached hydrogen (secondary N) is 1. The Morgan fingerprint density at radius 3 is 2.67 bits per heavy atom. The molecule has 1 unspecified atom stereocenters. The fourth-order valence-corrected chi connectivity index (χ4v) is 3.04. The second-order valence-electron chi connectivity index (χ2n) is 6.51. The van der Waals surface area contributed by atoms with E-state index in [1.807, 2.05) is 31.2 Å². The maximum atomic E-state index is 12.4. The van der Waals surface area contributed by atoms with Gasteiger partial charge in [0, 0.05) is 6.54 Å². The minimum atomic E-state index is -0.476. The van der Waals surface area contributed by atoms with E-state index >= 15 is 0 Å². The summed E-state index contributed by atoms with van der Waals surface area (Å²) in [5.41, 5.74) is 3.23. The lowest BCUT2D eigenvalue weighted by Gasteiger charge is -2.10. The lowest BCUT2D eigenvalue weighted by molar-refractivity contribution is 0.0900. The molecule has 0 spiro atoms. The van der Waals surface area contributed by atoms with Crippen LogP contribution in [0.5, 0.6) is 0 Å². The summed E-state index contributed by atoms with van der Waals surface area (Å²) < 4.78 is 1.63. The molecule has 1 aliphatic carbocycles. The highest BCUT2D eigenvalue weighted by molar-refractivity contribution is 6.33. The molecule has 0 radical (unpaired) electrons. The first kappa shape index (κ1) is 17.0. The maximum absolute atomic E-state index is 12.4. The number of halogens is 1. The van der Waals surface area contributed by atoms with Crippen LogP contribution in [0.4, 0.5) is 0 Å². The molecule has 5 nitrogen and oxygen atoms in total. The molecule has 24 heavy (non-hydrogen) atoms. The third kappa shape index (κ3) is 3.79. The highest BCUT2D eigenvalue weighted by Gasteiger charge is 2.30. The van der Waals surface area contributed by atoms with Gasteiger partial charge in [-0.25, -0.2) is 4.68 Å². The largest absolute Gasteiger partial charge is 0.391 e. The van der Waals surface area contributed by atoms with Crippen LogP contribution in [0.2, 0.25) is 5.15 Å². The zero-order chi connectivity index (χ0) is 17.3. The second-order valence-corrected chi connectivity index (χ2v) is 6.87. The molecular weight excluding hydrogens is 326 g/mol. The van der Waals surface area contributed by atoms with Crippen molar-refractivity contribution >= 4 is 17.5 Å². The van der Waals surface area contributed by atoms with Crippen LogP contribution in [-0.4, -0.2) is 33.4 Å². The topological polar surface area (TPSA) is 67.2 Å². The molecule has 0 bridgehead atoms. The van der Waals surface area contributed by atoms with Crippen LogP contribution in [0, 0.1) is 19.8 Å². The molecule has 1 saturated carbocycles. The number of amides is 1. The van der Waals surface area contributed by atoms with Gasteiger partial charge in [0.2, 0.25) is 0 Å². The van der Waals surface area contributed by atoms with E-state index in [9.17, 15) is 9.90 Å². The molecule has 128 valence electrons. The Kier molecular flexibility index (Phi) is 4.92. The quantitative estimate of drug-likeness (QED) is 0.844. The minimum absolute atomic E-state index is 0.252. The number of aliphatic hydroxyl groups is 1. The van der Waals surface area contributed by atoms with Crippen molar-refractivity contribution in [3.05, 3.63) is 51.8 Å². The molecule has 6 heteroatoms. The van der Waals surface area contributed by atoms with E-state index in [4.69, 9.17) is 11.6 Å². The normalized spacial score (nSPS) is 15.3. The Morgan fingerprint density at radius 1 is 1.38 bits per heavy atom. The van der Waals surface area contributed by atoms with E-state index in [1.165, 1.54) is 5.56 Å². The Balaban J connectivity index is 1.70. The van der Waals surface area contributed by atoms with E-state index in [-0.39, 0.29) is 12.5 Å². The average Bonchev–Trinajstić information content (AvgIpc) is 3.35.